The summed E-state index contributed by atoms with van der Waals surface area (Å²) in [7, 11) is 0. The Bertz CT molecular complexity index is 491. The molecule has 1 saturated carbocycles. The number of alkyl halides is 1. The van der Waals surface area contributed by atoms with Crippen LogP contribution in [0.1, 0.15) is 35.6 Å². The van der Waals surface area contributed by atoms with E-state index in [-0.39, 0.29) is 0 Å². The predicted octanol–water partition coefficient (Wildman–Crippen LogP) is 5.48. The summed E-state index contributed by atoms with van der Waals surface area (Å²) >= 11 is 8.41. The van der Waals surface area contributed by atoms with Crippen LogP contribution in [0.25, 0.3) is 0 Å². The molecule has 1 aliphatic carbocycles. The van der Waals surface area contributed by atoms with Crippen LogP contribution in [0, 0.1) is 5.92 Å². The highest BCUT2D eigenvalue weighted by atomic mass is 35.5. The van der Waals surface area contributed by atoms with Gasteiger partial charge in [-0.2, -0.15) is 0 Å². The van der Waals surface area contributed by atoms with Gasteiger partial charge in [-0.15, -0.1) is 22.9 Å². The van der Waals surface area contributed by atoms with E-state index in [4.69, 9.17) is 11.6 Å². The van der Waals surface area contributed by atoms with Crippen LogP contribution in [0.2, 0.25) is 0 Å². The Balaban J connectivity index is 1.70. The molecule has 19 heavy (non-hydrogen) atoms. The van der Waals surface area contributed by atoms with Crippen LogP contribution in [0.4, 0.5) is 0 Å². The SMILES string of the molecule is ClC1CCC(c2ccccc2)CC1Cc1cccs1. The van der Waals surface area contributed by atoms with Crippen LogP contribution < -0.4 is 0 Å². The third-order valence-corrected chi connectivity index (χ3v) is 5.68. The summed E-state index contributed by atoms with van der Waals surface area (Å²) in [4.78, 5) is 1.48. The molecule has 0 spiro atoms. The van der Waals surface area contributed by atoms with Crippen molar-refractivity contribution in [2.24, 2.45) is 5.92 Å². The first kappa shape index (κ1) is 13.2. The maximum absolute atomic E-state index is 6.56. The van der Waals surface area contributed by atoms with Crippen molar-refractivity contribution in [3.05, 3.63) is 58.3 Å². The highest BCUT2D eigenvalue weighted by molar-refractivity contribution is 7.09. The summed E-state index contributed by atoms with van der Waals surface area (Å²) in [5, 5.41) is 2.51. The molecule has 100 valence electrons. The third-order valence-electron chi connectivity index (χ3n) is 4.20. The number of benzene rings is 1. The predicted molar refractivity (Wildman–Crippen MR) is 84.2 cm³/mol. The van der Waals surface area contributed by atoms with Crippen molar-refractivity contribution < 1.29 is 0 Å². The average Bonchev–Trinajstić information content (AvgIpc) is 2.95. The molecule has 0 bridgehead atoms. The summed E-state index contributed by atoms with van der Waals surface area (Å²) in [6.07, 6.45) is 4.77. The van der Waals surface area contributed by atoms with Crippen molar-refractivity contribution >= 4 is 22.9 Å². The number of thiophene rings is 1. The van der Waals surface area contributed by atoms with Crippen LogP contribution in [0.5, 0.6) is 0 Å². The average molecular weight is 291 g/mol. The van der Waals surface area contributed by atoms with Gasteiger partial charge in [0.15, 0.2) is 0 Å². The molecule has 0 radical (unpaired) electrons. The highest BCUT2D eigenvalue weighted by Crippen LogP contribution is 2.40. The standard InChI is InChI=1S/C17H19ClS/c18-17-9-8-14(13-5-2-1-3-6-13)11-15(17)12-16-7-4-10-19-16/h1-7,10,14-15,17H,8-9,11-12H2. The number of hydrogen-bond acceptors (Lipinski definition) is 1. The van der Waals surface area contributed by atoms with Gasteiger partial charge in [-0.3, -0.25) is 0 Å². The van der Waals surface area contributed by atoms with Crippen molar-refractivity contribution in [1.82, 2.24) is 0 Å². The minimum Gasteiger partial charge on any atom is -0.149 e. The van der Waals surface area contributed by atoms with Crippen LogP contribution in [-0.2, 0) is 6.42 Å². The molecule has 3 rings (SSSR count). The summed E-state index contributed by atoms with van der Waals surface area (Å²) in [6.45, 7) is 0. The minimum absolute atomic E-state index is 0.349. The molecule has 0 aliphatic heterocycles. The second-order valence-electron chi connectivity index (χ2n) is 5.48. The second-order valence-corrected chi connectivity index (χ2v) is 7.07. The lowest BCUT2D eigenvalue weighted by molar-refractivity contribution is 0.328. The topological polar surface area (TPSA) is 0 Å². The summed E-state index contributed by atoms with van der Waals surface area (Å²) < 4.78 is 0. The molecule has 3 unspecified atom stereocenters. The van der Waals surface area contributed by atoms with Gasteiger partial charge in [-0.25, -0.2) is 0 Å². The molecule has 1 aromatic carbocycles. The Kier molecular flexibility index (Phi) is 4.24. The first-order chi connectivity index (χ1) is 9.33. The zero-order valence-electron chi connectivity index (χ0n) is 11.0. The van der Waals surface area contributed by atoms with Gasteiger partial charge in [-0.1, -0.05) is 36.4 Å². The van der Waals surface area contributed by atoms with E-state index in [0.29, 0.717) is 17.2 Å². The molecule has 3 atom stereocenters. The first-order valence-corrected chi connectivity index (χ1v) is 8.36. The van der Waals surface area contributed by atoms with Gasteiger partial charge in [0.2, 0.25) is 0 Å². The van der Waals surface area contributed by atoms with Gasteiger partial charge in [0.25, 0.3) is 0 Å². The van der Waals surface area contributed by atoms with Crippen LogP contribution >= 0.6 is 22.9 Å². The Morgan fingerprint density at radius 3 is 2.63 bits per heavy atom. The molecule has 1 fully saturated rings. The molecule has 2 heteroatoms. The molecule has 0 saturated heterocycles. The van der Waals surface area contributed by atoms with Crippen molar-refractivity contribution in [3.63, 3.8) is 0 Å². The van der Waals surface area contributed by atoms with E-state index in [0.717, 1.165) is 12.8 Å². The van der Waals surface area contributed by atoms with Gasteiger partial charge in [0.1, 0.15) is 0 Å². The molecular formula is C17H19ClS. The van der Waals surface area contributed by atoms with Crippen LogP contribution in [-0.4, -0.2) is 5.38 Å². The molecule has 0 nitrogen and oxygen atoms in total. The van der Waals surface area contributed by atoms with Gasteiger partial charge < -0.3 is 0 Å². The lowest BCUT2D eigenvalue weighted by atomic mass is 9.76. The second kappa shape index (κ2) is 6.11. The Labute approximate surface area is 124 Å². The molecule has 1 aliphatic rings. The van der Waals surface area contributed by atoms with Gasteiger partial charge in [0.05, 0.1) is 0 Å². The first-order valence-electron chi connectivity index (χ1n) is 7.04. The normalized spacial score (nSPS) is 27.3. The largest absolute Gasteiger partial charge is 0.149 e. The highest BCUT2D eigenvalue weighted by Gasteiger charge is 2.30. The maximum atomic E-state index is 6.56. The van der Waals surface area contributed by atoms with Gasteiger partial charge in [-0.05, 0) is 54.5 Å². The fourth-order valence-electron chi connectivity index (χ4n) is 3.15. The number of rotatable bonds is 3. The lowest BCUT2D eigenvalue weighted by Gasteiger charge is -2.33. The minimum atomic E-state index is 0.349. The molecule has 1 aromatic heterocycles. The van der Waals surface area contributed by atoms with Crippen LogP contribution in [0.15, 0.2) is 47.8 Å². The Hall–Kier alpha value is -0.790. The summed E-state index contributed by atoms with van der Waals surface area (Å²) in [5.41, 5.74) is 1.49. The van der Waals surface area contributed by atoms with Crippen molar-refractivity contribution in [2.75, 3.05) is 0 Å². The Morgan fingerprint density at radius 2 is 1.89 bits per heavy atom. The molecule has 0 amide bonds. The summed E-state index contributed by atoms with van der Waals surface area (Å²) in [5.74, 6) is 1.32. The van der Waals surface area contributed by atoms with E-state index in [1.165, 1.54) is 23.3 Å². The van der Waals surface area contributed by atoms with Crippen molar-refractivity contribution in [2.45, 2.75) is 37.0 Å². The zero-order valence-corrected chi connectivity index (χ0v) is 12.5. The number of hydrogen-bond donors (Lipinski definition) is 0. The quantitative estimate of drug-likeness (QED) is 0.657. The molecule has 1 heterocycles. The van der Waals surface area contributed by atoms with E-state index in [1.807, 2.05) is 11.3 Å². The Morgan fingerprint density at radius 1 is 1.05 bits per heavy atom. The van der Waals surface area contributed by atoms with Crippen molar-refractivity contribution in [1.29, 1.82) is 0 Å². The molecule has 0 N–H and O–H groups in total. The van der Waals surface area contributed by atoms with Gasteiger partial charge >= 0.3 is 0 Å². The third kappa shape index (κ3) is 3.21. The fourth-order valence-corrected chi connectivity index (χ4v) is 4.27. The van der Waals surface area contributed by atoms with Gasteiger partial charge in [0, 0.05) is 10.3 Å². The van der Waals surface area contributed by atoms with E-state index in [9.17, 15) is 0 Å². The van der Waals surface area contributed by atoms with E-state index in [2.05, 4.69) is 47.8 Å². The van der Waals surface area contributed by atoms with Crippen molar-refractivity contribution in [3.8, 4) is 0 Å². The van der Waals surface area contributed by atoms with Crippen LogP contribution in [0.3, 0.4) is 0 Å². The maximum Gasteiger partial charge on any atom is 0.0368 e. The van der Waals surface area contributed by atoms with E-state index in [1.54, 1.807) is 0 Å². The molecule has 2 aromatic rings. The smallest absolute Gasteiger partial charge is 0.0368 e. The number of halogens is 1. The molecular weight excluding hydrogens is 272 g/mol. The fraction of sp³-hybridized carbons (Fsp3) is 0.412. The monoisotopic (exact) mass is 290 g/mol. The zero-order chi connectivity index (χ0) is 13.1. The summed E-state index contributed by atoms with van der Waals surface area (Å²) in [6, 6.07) is 15.3. The lowest BCUT2D eigenvalue weighted by Crippen LogP contribution is -2.26. The van der Waals surface area contributed by atoms with E-state index < -0.39 is 0 Å². The van der Waals surface area contributed by atoms with E-state index >= 15 is 0 Å².